The van der Waals surface area contributed by atoms with Gasteiger partial charge in [-0.3, -0.25) is 0 Å². The van der Waals surface area contributed by atoms with Gasteiger partial charge < -0.3 is 0 Å². The third kappa shape index (κ3) is 5.10. The van der Waals surface area contributed by atoms with Gasteiger partial charge in [0.15, 0.2) is 0 Å². The summed E-state index contributed by atoms with van der Waals surface area (Å²) in [7, 11) is -1.22. The third-order valence-electron chi connectivity index (χ3n) is 3.75. The number of hydrogen-bond donors (Lipinski definition) is 0. The van der Waals surface area contributed by atoms with Crippen LogP contribution in [0.15, 0.2) is 10.2 Å². The first-order valence-corrected chi connectivity index (χ1v) is 19.1. The molecule has 0 N–H and O–H groups in total. The molecule has 16 heavy (non-hydrogen) atoms. The summed E-state index contributed by atoms with van der Waals surface area (Å²) < 4.78 is 1.47. The zero-order chi connectivity index (χ0) is 12.8. The van der Waals surface area contributed by atoms with Crippen LogP contribution in [0.25, 0.3) is 0 Å². The van der Waals surface area contributed by atoms with Gasteiger partial charge in [0.25, 0.3) is 0 Å². The quantitative estimate of drug-likeness (QED) is 0.494. The fourth-order valence-electron chi connectivity index (χ4n) is 1.62. The van der Waals surface area contributed by atoms with E-state index in [1.54, 1.807) is 0 Å². The van der Waals surface area contributed by atoms with Crippen molar-refractivity contribution in [2.24, 2.45) is 0 Å². The molecule has 0 spiro atoms. The van der Waals surface area contributed by atoms with Gasteiger partial charge >= 0.3 is 108 Å². The van der Waals surface area contributed by atoms with Crippen LogP contribution in [0, 0.1) is 11.5 Å². The van der Waals surface area contributed by atoms with E-state index in [9.17, 15) is 0 Å². The molecule has 0 aromatic carbocycles. The molecule has 0 aromatic rings. The number of rotatable bonds is 5. The van der Waals surface area contributed by atoms with E-state index < -0.39 is 26.5 Å². The number of hydrogen-bond acceptors (Lipinski definition) is 0. The van der Waals surface area contributed by atoms with Crippen LogP contribution in [0.1, 0.15) is 27.2 Å². The van der Waals surface area contributed by atoms with Gasteiger partial charge in [-0.1, -0.05) is 0 Å². The topological polar surface area (TPSA) is 0 Å². The van der Waals surface area contributed by atoms with Crippen molar-refractivity contribution in [2.75, 3.05) is 0 Å². The molecule has 0 bridgehead atoms. The van der Waals surface area contributed by atoms with Crippen molar-refractivity contribution in [1.82, 2.24) is 0 Å². The summed E-state index contributed by atoms with van der Waals surface area (Å²) in [5, 5.41) is 0. The van der Waals surface area contributed by atoms with Crippen LogP contribution in [-0.4, -0.2) is 26.5 Å². The molecule has 92 valence electrons. The molecule has 0 rings (SSSR count). The van der Waals surface area contributed by atoms with Gasteiger partial charge in [0, 0.05) is 0 Å². The Hall–Kier alpha value is 0.316. The van der Waals surface area contributed by atoms with E-state index in [0.717, 1.165) is 6.42 Å². The Morgan fingerprint density at radius 2 is 1.50 bits per heavy atom. The molecule has 0 saturated carbocycles. The molecule has 0 aromatic heterocycles. The molecule has 0 amide bonds. The van der Waals surface area contributed by atoms with Gasteiger partial charge in [0.1, 0.15) is 0 Å². The van der Waals surface area contributed by atoms with Crippen LogP contribution in [0.2, 0.25) is 33.0 Å². The predicted octanol–water partition coefficient (Wildman–Crippen LogP) is 4.86. The molecule has 0 radical (unpaired) electrons. The van der Waals surface area contributed by atoms with Crippen LogP contribution in [-0.2, 0) is 0 Å². The van der Waals surface area contributed by atoms with Crippen LogP contribution >= 0.6 is 0 Å². The average Bonchev–Trinajstić information content (AvgIpc) is 2.23. The van der Waals surface area contributed by atoms with Gasteiger partial charge in [-0.15, -0.1) is 0 Å². The molecule has 0 heterocycles. The maximum absolute atomic E-state index is 4.23. The first-order valence-electron chi connectivity index (χ1n) is 6.49. The fourth-order valence-corrected chi connectivity index (χ4v) is 5.88. The van der Waals surface area contributed by atoms with Gasteiger partial charge in [-0.25, -0.2) is 0 Å². The van der Waals surface area contributed by atoms with Crippen LogP contribution < -0.4 is 0 Å². The van der Waals surface area contributed by atoms with Gasteiger partial charge in [-0.05, 0) is 0 Å². The third-order valence-corrected chi connectivity index (χ3v) is 15.1. The van der Waals surface area contributed by atoms with E-state index in [0.29, 0.717) is 0 Å². The van der Waals surface area contributed by atoms with E-state index in [1.165, 1.54) is 21.7 Å². The Kier molecular flexibility index (Phi) is 7.04. The zero-order valence-corrected chi connectivity index (χ0v) is 15.9. The fraction of sp³-hybridized carbons (Fsp3) is 0.714. The van der Waals surface area contributed by atoms with Crippen molar-refractivity contribution in [3.63, 3.8) is 0 Å². The Morgan fingerprint density at radius 3 is 1.81 bits per heavy atom. The van der Waals surface area contributed by atoms with E-state index >= 15 is 0 Å². The first kappa shape index (κ1) is 16.3. The average molecular weight is 343 g/mol. The minimum atomic E-state index is -1.87. The van der Waals surface area contributed by atoms with Gasteiger partial charge in [-0.2, -0.15) is 0 Å². The van der Waals surface area contributed by atoms with Crippen molar-refractivity contribution in [3.8, 4) is 11.5 Å². The van der Waals surface area contributed by atoms with E-state index in [2.05, 4.69) is 53.6 Å². The summed E-state index contributed by atoms with van der Waals surface area (Å²) in [5.74, 6) is 3.45. The molecule has 0 aliphatic rings. The standard InChI is InChI=1S/C11H19Si.3CH3.Sn/c1-5-9-10-11-12(6-2,7-3)8-4;;;;/h1,6-9H2,2-4H3;3*1H3;. The van der Waals surface area contributed by atoms with Crippen molar-refractivity contribution in [2.45, 2.75) is 60.1 Å². The molecule has 2 heteroatoms. The summed E-state index contributed by atoms with van der Waals surface area (Å²) >= 11 is -1.87. The maximum atomic E-state index is 4.23. The molecular formula is C14H28SiSn. The second-order valence-electron chi connectivity index (χ2n) is 5.67. The van der Waals surface area contributed by atoms with E-state index in [4.69, 9.17) is 0 Å². The molecule has 0 aliphatic heterocycles. The van der Waals surface area contributed by atoms with Crippen LogP contribution in [0.3, 0.4) is 0 Å². The second-order valence-corrected chi connectivity index (χ2v) is 25.5. The molecule has 0 aliphatic carbocycles. The molecule has 0 nitrogen and oxygen atoms in total. The first-order chi connectivity index (χ1) is 7.31. The predicted molar refractivity (Wildman–Crippen MR) is 82.1 cm³/mol. The van der Waals surface area contributed by atoms with Crippen LogP contribution in [0.5, 0.6) is 0 Å². The van der Waals surface area contributed by atoms with Crippen molar-refractivity contribution >= 4 is 26.5 Å². The van der Waals surface area contributed by atoms with Crippen LogP contribution in [0.4, 0.5) is 0 Å². The monoisotopic (exact) mass is 344 g/mol. The molecule has 0 unspecified atom stereocenters. The number of allylic oxidation sites excluding steroid dienone is 1. The van der Waals surface area contributed by atoms with Gasteiger partial charge in [0.2, 0.25) is 0 Å². The summed E-state index contributed by atoms with van der Waals surface area (Å²) in [6.07, 6.45) is 0.967. The Morgan fingerprint density at radius 1 is 1.06 bits per heavy atom. The Balaban J connectivity index is 4.56. The van der Waals surface area contributed by atoms with E-state index in [1.807, 2.05) is 0 Å². The summed E-state index contributed by atoms with van der Waals surface area (Å²) in [6.45, 7) is 11.2. The Labute approximate surface area is 108 Å². The van der Waals surface area contributed by atoms with E-state index in [-0.39, 0.29) is 0 Å². The van der Waals surface area contributed by atoms with Crippen molar-refractivity contribution in [3.05, 3.63) is 10.2 Å². The molecular weight excluding hydrogens is 315 g/mol. The SMILES string of the molecule is C=[C](CC#C[Si](CC)(CC)CC)[Sn]([CH3])([CH3])[CH3]. The molecule has 0 fully saturated rings. The molecule has 0 saturated heterocycles. The Bertz CT molecular complexity index is 276. The minimum absolute atomic E-state index is 0.967. The summed E-state index contributed by atoms with van der Waals surface area (Å²) in [6, 6.07) is 3.91. The summed E-state index contributed by atoms with van der Waals surface area (Å²) in [5.41, 5.74) is 3.65. The van der Waals surface area contributed by atoms with Crippen molar-refractivity contribution < 1.29 is 0 Å². The van der Waals surface area contributed by atoms with Gasteiger partial charge in [0.05, 0.1) is 0 Å². The molecule has 0 atom stereocenters. The normalized spacial score (nSPS) is 11.9. The summed E-state index contributed by atoms with van der Waals surface area (Å²) in [4.78, 5) is 7.26. The van der Waals surface area contributed by atoms with Crippen molar-refractivity contribution in [1.29, 1.82) is 0 Å². The zero-order valence-electron chi connectivity index (χ0n) is 12.0. The second kappa shape index (κ2) is 6.91.